The molecule has 1 saturated heterocycles. The Morgan fingerprint density at radius 3 is 3.00 bits per heavy atom. The third-order valence-corrected chi connectivity index (χ3v) is 3.28. The van der Waals surface area contributed by atoms with Crippen LogP contribution >= 0.6 is 0 Å². The molecule has 1 amide bonds. The Labute approximate surface area is 116 Å². The standard InChI is InChI=1S/C13H18N4O3/c1-8(11-3-2-6-20-11)16-13(18)10-5-4-9(7-15-10)12(14)17-19/h4-5,7-8,11,19H,2-3,6H2,1H3,(H2,14,17)(H,16,18). The zero-order valence-electron chi connectivity index (χ0n) is 11.2. The summed E-state index contributed by atoms with van der Waals surface area (Å²) in [5.74, 6) is -0.309. The molecule has 2 unspecified atom stereocenters. The Balaban J connectivity index is 1.98. The highest BCUT2D eigenvalue weighted by Gasteiger charge is 2.24. The minimum atomic E-state index is -0.265. The van der Waals surface area contributed by atoms with Crippen LogP contribution in [0.5, 0.6) is 0 Å². The van der Waals surface area contributed by atoms with E-state index in [1.165, 1.54) is 12.3 Å². The summed E-state index contributed by atoms with van der Waals surface area (Å²) in [6, 6.07) is 3.05. The summed E-state index contributed by atoms with van der Waals surface area (Å²) in [5, 5.41) is 14.3. The Hall–Kier alpha value is -2.15. The molecule has 0 saturated carbocycles. The average Bonchev–Trinajstić information content (AvgIpc) is 3.01. The maximum Gasteiger partial charge on any atom is 0.270 e. The van der Waals surface area contributed by atoms with Gasteiger partial charge in [0.15, 0.2) is 5.84 Å². The van der Waals surface area contributed by atoms with Crippen molar-refractivity contribution in [2.24, 2.45) is 10.9 Å². The first kappa shape index (κ1) is 14.3. The van der Waals surface area contributed by atoms with Gasteiger partial charge in [0.25, 0.3) is 5.91 Å². The van der Waals surface area contributed by atoms with Crippen LogP contribution in [0.15, 0.2) is 23.5 Å². The molecule has 20 heavy (non-hydrogen) atoms. The lowest BCUT2D eigenvalue weighted by Gasteiger charge is -2.19. The second kappa shape index (κ2) is 6.33. The lowest BCUT2D eigenvalue weighted by molar-refractivity contribution is 0.0709. The van der Waals surface area contributed by atoms with Crippen LogP contribution in [0.2, 0.25) is 0 Å². The Kier molecular flexibility index (Phi) is 4.52. The van der Waals surface area contributed by atoms with E-state index in [9.17, 15) is 4.79 Å². The van der Waals surface area contributed by atoms with E-state index in [0.29, 0.717) is 5.56 Å². The largest absolute Gasteiger partial charge is 0.409 e. The van der Waals surface area contributed by atoms with Gasteiger partial charge in [-0.3, -0.25) is 9.78 Å². The molecular formula is C13H18N4O3. The van der Waals surface area contributed by atoms with Crippen LogP contribution in [0.4, 0.5) is 0 Å². The number of nitrogens with two attached hydrogens (primary N) is 1. The first-order valence-electron chi connectivity index (χ1n) is 6.48. The van der Waals surface area contributed by atoms with Gasteiger partial charge in [-0.2, -0.15) is 0 Å². The van der Waals surface area contributed by atoms with E-state index in [-0.39, 0.29) is 29.6 Å². The second-order valence-corrected chi connectivity index (χ2v) is 4.73. The van der Waals surface area contributed by atoms with E-state index in [0.717, 1.165) is 19.4 Å². The fourth-order valence-corrected chi connectivity index (χ4v) is 2.11. The number of nitrogens with one attached hydrogen (secondary N) is 1. The summed E-state index contributed by atoms with van der Waals surface area (Å²) in [5.41, 5.74) is 6.16. The lowest BCUT2D eigenvalue weighted by atomic mass is 10.1. The van der Waals surface area contributed by atoms with Gasteiger partial charge < -0.3 is 21.0 Å². The van der Waals surface area contributed by atoms with E-state index in [4.69, 9.17) is 15.7 Å². The lowest BCUT2D eigenvalue weighted by Crippen LogP contribution is -2.41. The molecule has 1 fully saturated rings. The first-order chi connectivity index (χ1) is 9.61. The average molecular weight is 278 g/mol. The molecule has 2 atom stereocenters. The number of oxime groups is 1. The number of amidine groups is 1. The molecule has 2 heterocycles. The predicted molar refractivity (Wildman–Crippen MR) is 72.7 cm³/mol. The number of hydrogen-bond donors (Lipinski definition) is 3. The molecule has 2 rings (SSSR count). The van der Waals surface area contributed by atoms with Crippen molar-refractivity contribution in [3.8, 4) is 0 Å². The highest BCUT2D eigenvalue weighted by Crippen LogP contribution is 2.15. The summed E-state index contributed by atoms with van der Waals surface area (Å²) in [4.78, 5) is 16.0. The minimum Gasteiger partial charge on any atom is -0.409 e. The van der Waals surface area contributed by atoms with Gasteiger partial charge in [-0.05, 0) is 31.9 Å². The van der Waals surface area contributed by atoms with Gasteiger partial charge >= 0.3 is 0 Å². The summed E-state index contributed by atoms with van der Waals surface area (Å²) in [6.07, 6.45) is 3.44. The van der Waals surface area contributed by atoms with Gasteiger partial charge in [-0.15, -0.1) is 0 Å². The number of carbonyl (C=O) groups excluding carboxylic acids is 1. The van der Waals surface area contributed by atoms with Crippen molar-refractivity contribution in [3.63, 3.8) is 0 Å². The van der Waals surface area contributed by atoms with Gasteiger partial charge in [0.2, 0.25) is 0 Å². The normalized spacial score (nSPS) is 20.6. The maximum absolute atomic E-state index is 12.0. The van der Waals surface area contributed by atoms with Crippen molar-refractivity contribution in [2.45, 2.75) is 31.9 Å². The highest BCUT2D eigenvalue weighted by atomic mass is 16.5. The molecular weight excluding hydrogens is 260 g/mol. The summed E-state index contributed by atoms with van der Waals surface area (Å²) in [6.45, 7) is 2.66. The summed E-state index contributed by atoms with van der Waals surface area (Å²) < 4.78 is 5.52. The summed E-state index contributed by atoms with van der Waals surface area (Å²) in [7, 11) is 0. The van der Waals surface area contributed by atoms with Crippen molar-refractivity contribution in [1.82, 2.24) is 10.3 Å². The van der Waals surface area contributed by atoms with Crippen LogP contribution in [-0.2, 0) is 4.74 Å². The van der Waals surface area contributed by atoms with Crippen LogP contribution in [0.1, 0.15) is 35.8 Å². The first-order valence-corrected chi connectivity index (χ1v) is 6.48. The molecule has 4 N–H and O–H groups in total. The van der Waals surface area contributed by atoms with E-state index < -0.39 is 0 Å². The molecule has 108 valence electrons. The maximum atomic E-state index is 12.0. The minimum absolute atomic E-state index is 0.0443. The quantitative estimate of drug-likeness (QED) is 0.321. The summed E-state index contributed by atoms with van der Waals surface area (Å²) >= 11 is 0. The number of ether oxygens (including phenoxy) is 1. The monoisotopic (exact) mass is 278 g/mol. The van der Waals surface area contributed by atoms with E-state index >= 15 is 0 Å². The molecule has 1 aromatic heterocycles. The third-order valence-electron chi connectivity index (χ3n) is 3.28. The van der Waals surface area contributed by atoms with Gasteiger partial charge in [0.05, 0.1) is 12.1 Å². The molecule has 1 aliphatic heterocycles. The Morgan fingerprint density at radius 2 is 2.45 bits per heavy atom. The molecule has 1 aliphatic rings. The molecule has 0 aliphatic carbocycles. The Morgan fingerprint density at radius 1 is 1.65 bits per heavy atom. The smallest absolute Gasteiger partial charge is 0.270 e. The number of nitrogens with zero attached hydrogens (tertiary/aromatic N) is 2. The van der Waals surface area contributed by atoms with Crippen LogP contribution in [0.3, 0.4) is 0 Å². The van der Waals surface area contributed by atoms with E-state index in [1.807, 2.05) is 6.92 Å². The van der Waals surface area contributed by atoms with Crippen molar-refractivity contribution in [2.75, 3.05) is 6.61 Å². The van der Waals surface area contributed by atoms with E-state index in [2.05, 4.69) is 15.5 Å². The number of rotatable bonds is 4. The van der Waals surface area contributed by atoms with Crippen LogP contribution in [0.25, 0.3) is 0 Å². The van der Waals surface area contributed by atoms with Crippen molar-refractivity contribution < 1.29 is 14.7 Å². The zero-order chi connectivity index (χ0) is 14.5. The molecule has 7 heteroatoms. The Bertz CT molecular complexity index is 495. The number of aromatic nitrogens is 1. The molecule has 0 aromatic carbocycles. The van der Waals surface area contributed by atoms with Crippen molar-refractivity contribution in [3.05, 3.63) is 29.6 Å². The number of pyridine rings is 1. The van der Waals surface area contributed by atoms with Crippen molar-refractivity contribution in [1.29, 1.82) is 0 Å². The zero-order valence-corrected chi connectivity index (χ0v) is 11.2. The van der Waals surface area contributed by atoms with Gasteiger partial charge in [0, 0.05) is 18.4 Å². The number of amides is 1. The second-order valence-electron chi connectivity index (χ2n) is 4.73. The van der Waals surface area contributed by atoms with Crippen molar-refractivity contribution >= 4 is 11.7 Å². The predicted octanol–water partition coefficient (Wildman–Crippen LogP) is 0.473. The molecule has 0 spiro atoms. The molecule has 0 bridgehead atoms. The SMILES string of the molecule is CC(NC(=O)c1ccc(C(N)=NO)cn1)C1CCCO1. The van der Waals surface area contributed by atoms with Crippen LogP contribution < -0.4 is 11.1 Å². The highest BCUT2D eigenvalue weighted by molar-refractivity contribution is 5.98. The number of hydrogen-bond acceptors (Lipinski definition) is 5. The molecule has 7 nitrogen and oxygen atoms in total. The third kappa shape index (κ3) is 3.24. The number of carbonyl (C=O) groups is 1. The van der Waals surface area contributed by atoms with E-state index in [1.54, 1.807) is 6.07 Å². The topological polar surface area (TPSA) is 110 Å². The van der Waals surface area contributed by atoms with Crippen LogP contribution in [-0.4, -0.2) is 40.7 Å². The fourth-order valence-electron chi connectivity index (χ4n) is 2.11. The van der Waals surface area contributed by atoms with Gasteiger partial charge in [-0.25, -0.2) is 0 Å². The molecule has 1 aromatic rings. The molecule has 0 radical (unpaired) electrons. The van der Waals surface area contributed by atoms with Crippen LogP contribution in [0, 0.1) is 0 Å². The van der Waals surface area contributed by atoms with Gasteiger partial charge in [-0.1, -0.05) is 5.16 Å². The fraction of sp³-hybridized carbons (Fsp3) is 0.462. The van der Waals surface area contributed by atoms with Gasteiger partial charge in [0.1, 0.15) is 5.69 Å².